The minimum absolute atomic E-state index is 0.574. The maximum atomic E-state index is 8.31. The molecule has 0 N–H and O–H groups in total. The minimum atomic E-state index is 0.574. The first-order valence-electron chi connectivity index (χ1n) is 6.74. The van der Waals surface area contributed by atoms with E-state index in [1.807, 2.05) is 0 Å². The van der Waals surface area contributed by atoms with E-state index >= 15 is 0 Å². The molecule has 0 radical (unpaired) electrons. The van der Waals surface area contributed by atoms with Gasteiger partial charge in [0, 0.05) is 19.3 Å². The number of unbranched alkanes of at least 4 members (excludes halogenated alkanes) is 9. The van der Waals surface area contributed by atoms with Crippen LogP contribution in [0.15, 0.2) is 0 Å². The molecule has 0 aromatic rings. The van der Waals surface area contributed by atoms with E-state index in [4.69, 9.17) is 5.26 Å². The molecule has 0 aromatic heterocycles. The predicted octanol–water partition coefficient (Wildman–Crippen LogP) is 4.82. The summed E-state index contributed by atoms with van der Waals surface area (Å²) in [4.78, 5) is 0. The van der Waals surface area contributed by atoms with Crippen LogP contribution in [-0.4, -0.2) is 0 Å². The topological polar surface area (TPSA) is 23.8 Å². The van der Waals surface area contributed by atoms with Gasteiger partial charge < -0.3 is 0 Å². The average Bonchev–Trinajstić information content (AvgIpc) is 2.31. The summed E-state index contributed by atoms with van der Waals surface area (Å²) in [6.07, 6.45) is 13.2. The molecule has 0 aliphatic carbocycles. The normalized spacial score (nSPS) is 9.25. The van der Waals surface area contributed by atoms with Gasteiger partial charge >= 0.3 is 0 Å². The molecule has 0 atom stereocenters. The summed E-state index contributed by atoms with van der Waals surface area (Å²) < 4.78 is 0. The molecule has 0 saturated heterocycles. The van der Waals surface area contributed by atoms with Crippen LogP contribution >= 0.6 is 0 Å². The van der Waals surface area contributed by atoms with Gasteiger partial charge in [-0.3, -0.25) is 0 Å². The third-order valence-electron chi connectivity index (χ3n) is 2.64. The molecule has 0 aromatic carbocycles. The molecule has 0 saturated carbocycles. The van der Waals surface area contributed by atoms with Crippen LogP contribution in [0.3, 0.4) is 0 Å². The molecule has 0 rings (SSSR count). The molecule has 0 heterocycles. The zero-order valence-corrected chi connectivity index (χ0v) is 10.7. The summed E-state index contributed by atoms with van der Waals surface area (Å²) in [5.41, 5.74) is 0. The molecule has 0 aliphatic rings. The van der Waals surface area contributed by atoms with Crippen LogP contribution in [0, 0.1) is 23.2 Å². The standard InChI is InChI=1S/C15H25N/c1-2-3-4-5-6-7-8-9-10-11-12-13-14-15-16/h2-10,13-14H2,1H3. The van der Waals surface area contributed by atoms with Gasteiger partial charge in [0.25, 0.3) is 0 Å². The van der Waals surface area contributed by atoms with E-state index in [-0.39, 0.29) is 0 Å². The second kappa shape index (κ2) is 14.1. The zero-order chi connectivity index (χ0) is 11.9. The fraction of sp³-hybridized carbons (Fsp3) is 0.800. The summed E-state index contributed by atoms with van der Waals surface area (Å²) in [6, 6.07) is 2.10. The Bertz CT molecular complexity index is 226. The molecule has 0 amide bonds. The van der Waals surface area contributed by atoms with Gasteiger partial charge in [0.2, 0.25) is 0 Å². The van der Waals surface area contributed by atoms with Crippen molar-refractivity contribution in [1.82, 2.24) is 0 Å². The Morgan fingerprint density at radius 3 is 1.88 bits per heavy atom. The molecule has 0 aliphatic heterocycles. The Morgan fingerprint density at radius 1 is 0.688 bits per heavy atom. The number of nitrogens with zero attached hydrogens (tertiary/aromatic N) is 1. The van der Waals surface area contributed by atoms with Crippen molar-refractivity contribution in [3.05, 3.63) is 0 Å². The Hall–Kier alpha value is -0.950. The van der Waals surface area contributed by atoms with Crippen molar-refractivity contribution < 1.29 is 0 Å². The third-order valence-corrected chi connectivity index (χ3v) is 2.64. The predicted molar refractivity (Wildman–Crippen MR) is 69.9 cm³/mol. The van der Waals surface area contributed by atoms with Crippen LogP contribution in [0.5, 0.6) is 0 Å². The third kappa shape index (κ3) is 13.1. The largest absolute Gasteiger partial charge is 0.198 e. The Labute approximate surface area is 101 Å². The number of hydrogen-bond acceptors (Lipinski definition) is 1. The van der Waals surface area contributed by atoms with Crippen molar-refractivity contribution in [3.63, 3.8) is 0 Å². The smallest absolute Gasteiger partial charge is 0.0631 e. The van der Waals surface area contributed by atoms with Gasteiger partial charge in [-0.05, 0) is 6.42 Å². The van der Waals surface area contributed by atoms with Crippen LogP contribution in [-0.2, 0) is 0 Å². The van der Waals surface area contributed by atoms with Crippen LogP contribution < -0.4 is 0 Å². The van der Waals surface area contributed by atoms with Crippen molar-refractivity contribution in [3.8, 4) is 17.9 Å². The van der Waals surface area contributed by atoms with Crippen LogP contribution in [0.1, 0.15) is 77.6 Å². The number of nitriles is 1. The van der Waals surface area contributed by atoms with E-state index in [0.29, 0.717) is 6.42 Å². The van der Waals surface area contributed by atoms with E-state index in [0.717, 1.165) is 12.8 Å². The highest BCUT2D eigenvalue weighted by Crippen LogP contribution is 2.09. The summed E-state index contributed by atoms with van der Waals surface area (Å²) >= 11 is 0. The SMILES string of the molecule is CCCCCCCCCCC#CCCC#N. The summed E-state index contributed by atoms with van der Waals surface area (Å²) in [5.74, 6) is 6.16. The lowest BCUT2D eigenvalue weighted by Gasteiger charge is -1.99. The summed E-state index contributed by atoms with van der Waals surface area (Å²) in [6.45, 7) is 2.25. The monoisotopic (exact) mass is 219 g/mol. The van der Waals surface area contributed by atoms with Gasteiger partial charge in [0.15, 0.2) is 0 Å². The van der Waals surface area contributed by atoms with Gasteiger partial charge in [0.05, 0.1) is 6.07 Å². The van der Waals surface area contributed by atoms with Crippen LogP contribution in [0.4, 0.5) is 0 Å². The maximum absolute atomic E-state index is 8.31. The first-order valence-corrected chi connectivity index (χ1v) is 6.74. The molecule has 0 unspecified atom stereocenters. The molecule has 1 nitrogen and oxygen atoms in total. The highest BCUT2D eigenvalue weighted by Gasteiger charge is 1.90. The molecular weight excluding hydrogens is 194 g/mol. The molecule has 0 spiro atoms. The van der Waals surface area contributed by atoms with Gasteiger partial charge in [-0.2, -0.15) is 5.26 Å². The highest BCUT2D eigenvalue weighted by atomic mass is 14.2. The second-order valence-electron chi connectivity index (χ2n) is 4.24. The maximum Gasteiger partial charge on any atom is 0.0631 e. The van der Waals surface area contributed by atoms with Crippen molar-refractivity contribution in [1.29, 1.82) is 5.26 Å². The molecule has 1 heteroatoms. The molecular formula is C15H25N. The van der Waals surface area contributed by atoms with E-state index in [1.165, 1.54) is 51.4 Å². The molecule has 90 valence electrons. The van der Waals surface area contributed by atoms with E-state index in [9.17, 15) is 0 Å². The molecule has 0 fully saturated rings. The first-order chi connectivity index (χ1) is 7.91. The van der Waals surface area contributed by atoms with Gasteiger partial charge in [-0.1, -0.05) is 51.9 Å². The highest BCUT2D eigenvalue weighted by molar-refractivity contribution is 5.00. The van der Waals surface area contributed by atoms with E-state index in [1.54, 1.807) is 0 Å². The van der Waals surface area contributed by atoms with Crippen molar-refractivity contribution >= 4 is 0 Å². The van der Waals surface area contributed by atoms with E-state index < -0.39 is 0 Å². The zero-order valence-electron chi connectivity index (χ0n) is 10.7. The Balaban J connectivity index is 3.03. The fourth-order valence-corrected chi connectivity index (χ4v) is 1.64. The second-order valence-corrected chi connectivity index (χ2v) is 4.24. The van der Waals surface area contributed by atoms with Crippen molar-refractivity contribution in [2.24, 2.45) is 0 Å². The quantitative estimate of drug-likeness (QED) is 0.402. The lowest BCUT2D eigenvalue weighted by molar-refractivity contribution is 0.579. The first kappa shape index (κ1) is 15.0. The molecule has 16 heavy (non-hydrogen) atoms. The Morgan fingerprint density at radius 2 is 1.25 bits per heavy atom. The van der Waals surface area contributed by atoms with Gasteiger partial charge in [-0.25, -0.2) is 0 Å². The van der Waals surface area contributed by atoms with Gasteiger partial charge in [-0.15, -0.1) is 11.8 Å². The average molecular weight is 219 g/mol. The lowest BCUT2D eigenvalue weighted by Crippen LogP contribution is -1.80. The fourth-order valence-electron chi connectivity index (χ4n) is 1.64. The van der Waals surface area contributed by atoms with Crippen LogP contribution in [0.25, 0.3) is 0 Å². The van der Waals surface area contributed by atoms with E-state index in [2.05, 4.69) is 24.8 Å². The van der Waals surface area contributed by atoms with Crippen LogP contribution in [0.2, 0.25) is 0 Å². The Kier molecular flexibility index (Phi) is 13.2. The number of rotatable bonds is 9. The summed E-state index contributed by atoms with van der Waals surface area (Å²) in [7, 11) is 0. The summed E-state index contributed by atoms with van der Waals surface area (Å²) in [5, 5.41) is 8.31. The minimum Gasteiger partial charge on any atom is -0.198 e. The van der Waals surface area contributed by atoms with Crippen molar-refractivity contribution in [2.75, 3.05) is 0 Å². The molecule has 0 bridgehead atoms. The van der Waals surface area contributed by atoms with Gasteiger partial charge in [0.1, 0.15) is 0 Å². The van der Waals surface area contributed by atoms with Crippen molar-refractivity contribution in [2.45, 2.75) is 77.6 Å². The number of hydrogen-bond donors (Lipinski definition) is 0. The lowest BCUT2D eigenvalue weighted by atomic mass is 10.1.